The van der Waals surface area contributed by atoms with Crippen molar-refractivity contribution in [3.05, 3.63) is 59.8 Å². The van der Waals surface area contributed by atoms with Gasteiger partial charge in [-0.3, -0.25) is 0 Å². The van der Waals surface area contributed by atoms with Gasteiger partial charge in [0.1, 0.15) is 23.1 Å². The summed E-state index contributed by atoms with van der Waals surface area (Å²) in [6.45, 7) is 4.22. The second-order valence-electron chi connectivity index (χ2n) is 6.04. The van der Waals surface area contributed by atoms with E-state index in [1.54, 1.807) is 6.92 Å². The van der Waals surface area contributed by atoms with E-state index in [4.69, 9.17) is 4.74 Å². The molecule has 0 radical (unpaired) electrons. The lowest BCUT2D eigenvalue weighted by Crippen LogP contribution is -2.03. The fourth-order valence-electron chi connectivity index (χ4n) is 2.71. The van der Waals surface area contributed by atoms with Gasteiger partial charge in [-0.05, 0) is 50.2 Å². The van der Waals surface area contributed by atoms with Crippen molar-refractivity contribution in [1.29, 1.82) is 0 Å². The molecule has 4 rings (SSSR count). The highest BCUT2D eigenvalue weighted by Crippen LogP contribution is 2.27. The molecule has 10 heteroatoms. The fraction of sp³-hybridized carbons (Fsp3) is 0.158. The zero-order chi connectivity index (χ0) is 20.4. The van der Waals surface area contributed by atoms with Crippen molar-refractivity contribution in [2.75, 3.05) is 11.9 Å². The lowest BCUT2D eigenvalue weighted by molar-refractivity contribution is 0.340. The number of ether oxygens (including phenoxy) is 1. The van der Waals surface area contributed by atoms with E-state index in [2.05, 4.69) is 25.0 Å². The molecule has 29 heavy (non-hydrogen) atoms. The zero-order valence-corrected chi connectivity index (χ0v) is 16.4. The van der Waals surface area contributed by atoms with Crippen molar-refractivity contribution in [2.24, 2.45) is 0 Å². The largest absolute Gasteiger partial charge is 0.494 e. The van der Waals surface area contributed by atoms with E-state index in [0.29, 0.717) is 29.0 Å². The Hall–Kier alpha value is -3.40. The van der Waals surface area contributed by atoms with E-state index in [1.165, 1.54) is 4.68 Å². The predicted molar refractivity (Wildman–Crippen MR) is 106 cm³/mol. The summed E-state index contributed by atoms with van der Waals surface area (Å²) in [5, 5.41) is 11.7. The third-order valence-electron chi connectivity index (χ3n) is 4.09. The molecule has 7 nitrogen and oxygen atoms in total. The van der Waals surface area contributed by atoms with Crippen molar-refractivity contribution in [2.45, 2.75) is 13.8 Å². The SMILES string of the molecule is CCOc1ccc(Nc2nc(-c3nnn(-c4cc(F)ccc4F)c3C)ns2)cc1. The molecule has 0 aliphatic carbocycles. The van der Waals surface area contributed by atoms with Gasteiger partial charge in [0.05, 0.1) is 12.3 Å². The number of nitrogens with one attached hydrogen (secondary N) is 1. The Labute approximate surface area is 169 Å². The molecule has 4 aromatic rings. The number of hydrogen-bond donors (Lipinski definition) is 1. The molecule has 0 unspecified atom stereocenters. The van der Waals surface area contributed by atoms with Crippen LogP contribution in [0.15, 0.2) is 42.5 Å². The van der Waals surface area contributed by atoms with Gasteiger partial charge in [-0.15, -0.1) is 5.10 Å². The van der Waals surface area contributed by atoms with Crippen LogP contribution in [-0.2, 0) is 0 Å². The highest BCUT2D eigenvalue weighted by molar-refractivity contribution is 7.09. The molecule has 2 aromatic carbocycles. The van der Waals surface area contributed by atoms with Gasteiger partial charge in [-0.2, -0.15) is 9.36 Å². The van der Waals surface area contributed by atoms with Gasteiger partial charge in [0.15, 0.2) is 11.5 Å². The normalized spacial score (nSPS) is 10.9. The second-order valence-corrected chi connectivity index (χ2v) is 6.79. The Kier molecular flexibility index (Phi) is 5.17. The number of hydrogen-bond acceptors (Lipinski definition) is 7. The van der Waals surface area contributed by atoms with Crippen molar-refractivity contribution in [1.82, 2.24) is 24.4 Å². The average Bonchev–Trinajstić information content (AvgIpc) is 3.32. The van der Waals surface area contributed by atoms with Gasteiger partial charge in [0, 0.05) is 23.3 Å². The molecule has 2 aromatic heterocycles. The lowest BCUT2D eigenvalue weighted by Gasteiger charge is -2.05. The van der Waals surface area contributed by atoms with E-state index in [9.17, 15) is 8.78 Å². The fourth-order valence-corrected chi connectivity index (χ4v) is 3.30. The summed E-state index contributed by atoms with van der Waals surface area (Å²) in [5.41, 5.74) is 1.70. The summed E-state index contributed by atoms with van der Waals surface area (Å²) in [6, 6.07) is 10.6. The van der Waals surface area contributed by atoms with Crippen LogP contribution < -0.4 is 10.1 Å². The Morgan fingerprint density at radius 1 is 1.14 bits per heavy atom. The van der Waals surface area contributed by atoms with Crippen molar-refractivity contribution < 1.29 is 13.5 Å². The molecule has 2 heterocycles. The maximum Gasteiger partial charge on any atom is 0.207 e. The van der Waals surface area contributed by atoms with E-state index in [0.717, 1.165) is 41.2 Å². The van der Waals surface area contributed by atoms with Crippen LogP contribution in [0.5, 0.6) is 5.75 Å². The molecule has 0 saturated heterocycles. The van der Waals surface area contributed by atoms with Gasteiger partial charge < -0.3 is 10.1 Å². The highest BCUT2D eigenvalue weighted by Gasteiger charge is 2.19. The van der Waals surface area contributed by atoms with Gasteiger partial charge in [0.25, 0.3) is 0 Å². The monoisotopic (exact) mass is 414 g/mol. The maximum atomic E-state index is 14.1. The summed E-state index contributed by atoms with van der Waals surface area (Å²) in [5.74, 6) is -0.0293. The van der Waals surface area contributed by atoms with Gasteiger partial charge in [0.2, 0.25) is 5.13 Å². The number of rotatable bonds is 6. The minimum atomic E-state index is -0.602. The first-order valence-corrected chi connectivity index (χ1v) is 9.54. The molecule has 0 amide bonds. The van der Waals surface area contributed by atoms with Crippen LogP contribution in [-0.4, -0.2) is 31.0 Å². The van der Waals surface area contributed by atoms with E-state index < -0.39 is 11.6 Å². The first-order chi connectivity index (χ1) is 14.0. The van der Waals surface area contributed by atoms with Crippen LogP contribution in [0, 0.1) is 18.6 Å². The molecule has 0 fully saturated rings. The molecule has 0 aliphatic rings. The molecule has 0 bridgehead atoms. The standard InChI is InChI=1S/C19H16F2N6OS/c1-3-28-14-7-5-13(6-8-14)22-19-23-18(25-29-19)17-11(2)27(26-24-17)16-10-12(20)4-9-15(16)21/h4-10H,3H2,1-2H3,(H,22,23,25). The van der Waals surface area contributed by atoms with E-state index >= 15 is 0 Å². The first-order valence-electron chi connectivity index (χ1n) is 8.77. The van der Waals surface area contributed by atoms with E-state index in [1.807, 2.05) is 31.2 Å². The molecular weight excluding hydrogens is 398 g/mol. The van der Waals surface area contributed by atoms with Gasteiger partial charge in [-0.1, -0.05) is 5.21 Å². The molecule has 0 atom stereocenters. The summed E-state index contributed by atoms with van der Waals surface area (Å²) in [7, 11) is 0. The van der Waals surface area contributed by atoms with Crippen LogP contribution in [0.2, 0.25) is 0 Å². The van der Waals surface area contributed by atoms with Gasteiger partial charge in [-0.25, -0.2) is 13.5 Å². The Bertz CT molecular complexity index is 1140. The maximum absolute atomic E-state index is 14.1. The number of halogens is 2. The third-order valence-corrected chi connectivity index (χ3v) is 4.72. The number of nitrogens with zero attached hydrogens (tertiary/aromatic N) is 5. The lowest BCUT2D eigenvalue weighted by atomic mass is 10.2. The zero-order valence-electron chi connectivity index (χ0n) is 15.6. The summed E-state index contributed by atoms with van der Waals surface area (Å²) in [6.07, 6.45) is 0. The summed E-state index contributed by atoms with van der Waals surface area (Å²) < 4.78 is 38.5. The topological polar surface area (TPSA) is 77.8 Å². The number of benzene rings is 2. The van der Waals surface area contributed by atoms with Crippen LogP contribution >= 0.6 is 11.5 Å². The summed E-state index contributed by atoms with van der Waals surface area (Å²) in [4.78, 5) is 4.42. The smallest absolute Gasteiger partial charge is 0.207 e. The average molecular weight is 414 g/mol. The van der Waals surface area contributed by atoms with Crippen molar-refractivity contribution in [3.8, 4) is 23.0 Å². The van der Waals surface area contributed by atoms with Crippen LogP contribution in [0.3, 0.4) is 0 Å². The molecule has 0 spiro atoms. The molecule has 0 aliphatic heterocycles. The van der Waals surface area contributed by atoms with E-state index in [-0.39, 0.29) is 5.69 Å². The quantitative estimate of drug-likeness (QED) is 0.500. The Balaban J connectivity index is 1.57. The Morgan fingerprint density at radius 3 is 2.69 bits per heavy atom. The second kappa shape index (κ2) is 7.92. The molecule has 0 saturated carbocycles. The van der Waals surface area contributed by atoms with Crippen LogP contribution in [0.25, 0.3) is 17.2 Å². The van der Waals surface area contributed by atoms with Crippen LogP contribution in [0.4, 0.5) is 19.6 Å². The number of aromatic nitrogens is 5. The number of anilines is 2. The summed E-state index contributed by atoms with van der Waals surface area (Å²) >= 11 is 1.16. The highest BCUT2D eigenvalue weighted by atomic mass is 32.1. The van der Waals surface area contributed by atoms with Crippen LogP contribution in [0.1, 0.15) is 12.6 Å². The molecular formula is C19H16F2N6OS. The minimum absolute atomic E-state index is 0.0239. The third kappa shape index (κ3) is 3.92. The first kappa shape index (κ1) is 18.9. The minimum Gasteiger partial charge on any atom is -0.494 e. The van der Waals surface area contributed by atoms with Gasteiger partial charge >= 0.3 is 0 Å². The molecule has 148 valence electrons. The predicted octanol–water partition coefficient (Wildman–Crippen LogP) is 4.51. The van der Waals surface area contributed by atoms with Crippen molar-refractivity contribution >= 4 is 22.4 Å². The van der Waals surface area contributed by atoms with Crippen molar-refractivity contribution in [3.63, 3.8) is 0 Å². The molecule has 1 N–H and O–H groups in total. The Morgan fingerprint density at radius 2 is 1.93 bits per heavy atom.